The number of benzene rings is 1. The van der Waals surface area contributed by atoms with E-state index in [1.165, 1.54) is 7.11 Å². The van der Waals surface area contributed by atoms with Gasteiger partial charge in [-0.3, -0.25) is 4.90 Å². The van der Waals surface area contributed by atoms with Crippen LogP contribution in [0.25, 0.3) is 0 Å². The third-order valence-electron chi connectivity index (χ3n) is 4.82. The van der Waals surface area contributed by atoms with Crippen LogP contribution >= 0.6 is 0 Å². The first-order valence-electron chi connectivity index (χ1n) is 8.07. The SMILES string of the molecule is COc1ccccc1S(=O)(=O)N1CCC(N2CC[C@@H](O)C2)CC1. The molecule has 2 heterocycles. The van der Waals surface area contributed by atoms with E-state index in [0.29, 0.717) is 31.4 Å². The predicted molar refractivity (Wildman–Crippen MR) is 87.0 cm³/mol. The lowest BCUT2D eigenvalue weighted by atomic mass is 10.1. The van der Waals surface area contributed by atoms with Gasteiger partial charge in [0.25, 0.3) is 0 Å². The molecule has 0 radical (unpaired) electrons. The van der Waals surface area contributed by atoms with Gasteiger partial charge >= 0.3 is 0 Å². The van der Waals surface area contributed by atoms with Crippen molar-refractivity contribution in [2.75, 3.05) is 33.3 Å². The van der Waals surface area contributed by atoms with E-state index in [2.05, 4.69) is 4.90 Å². The Morgan fingerprint density at radius 1 is 1.13 bits per heavy atom. The Labute approximate surface area is 137 Å². The molecule has 128 valence electrons. The van der Waals surface area contributed by atoms with Crippen molar-refractivity contribution in [1.82, 2.24) is 9.21 Å². The molecule has 1 aromatic carbocycles. The maximum Gasteiger partial charge on any atom is 0.246 e. The molecule has 7 heteroatoms. The van der Waals surface area contributed by atoms with E-state index < -0.39 is 10.0 Å². The highest BCUT2D eigenvalue weighted by Crippen LogP contribution is 2.29. The lowest BCUT2D eigenvalue weighted by Crippen LogP contribution is -2.46. The number of ether oxygens (including phenoxy) is 1. The Morgan fingerprint density at radius 3 is 2.43 bits per heavy atom. The molecule has 0 aromatic heterocycles. The monoisotopic (exact) mass is 340 g/mol. The van der Waals surface area contributed by atoms with E-state index >= 15 is 0 Å². The normalized spacial score (nSPS) is 24.9. The molecule has 6 nitrogen and oxygen atoms in total. The fourth-order valence-corrected chi connectivity index (χ4v) is 5.14. The molecule has 2 aliphatic rings. The zero-order valence-electron chi connectivity index (χ0n) is 13.4. The Hall–Kier alpha value is -1.15. The van der Waals surface area contributed by atoms with Gasteiger partial charge in [-0.1, -0.05) is 12.1 Å². The molecule has 0 aliphatic carbocycles. The summed E-state index contributed by atoms with van der Waals surface area (Å²) >= 11 is 0. The number of hydrogen-bond donors (Lipinski definition) is 1. The molecule has 1 N–H and O–H groups in total. The fourth-order valence-electron chi connectivity index (χ4n) is 3.52. The average Bonchev–Trinajstić information content (AvgIpc) is 3.01. The van der Waals surface area contributed by atoms with Crippen molar-refractivity contribution in [3.05, 3.63) is 24.3 Å². The number of methoxy groups -OCH3 is 1. The van der Waals surface area contributed by atoms with Gasteiger partial charge in [-0.15, -0.1) is 0 Å². The van der Waals surface area contributed by atoms with Crippen LogP contribution in [0.5, 0.6) is 5.75 Å². The van der Waals surface area contributed by atoms with Crippen molar-refractivity contribution >= 4 is 10.0 Å². The Morgan fingerprint density at radius 2 is 1.83 bits per heavy atom. The minimum absolute atomic E-state index is 0.231. The van der Waals surface area contributed by atoms with E-state index in [-0.39, 0.29) is 11.0 Å². The second-order valence-corrected chi connectivity index (χ2v) is 8.13. The topological polar surface area (TPSA) is 70.1 Å². The first-order chi connectivity index (χ1) is 11.0. The first-order valence-corrected chi connectivity index (χ1v) is 9.51. The van der Waals surface area contributed by atoms with Crippen molar-refractivity contribution in [2.45, 2.75) is 36.3 Å². The van der Waals surface area contributed by atoms with Crippen molar-refractivity contribution in [1.29, 1.82) is 0 Å². The predicted octanol–water partition coefficient (Wildman–Crippen LogP) is 0.915. The molecule has 0 bridgehead atoms. The lowest BCUT2D eigenvalue weighted by Gasteiger charge is -2.36. The summed E-state index contributed by atoms with van der Waals surface area (Å²) in [7, 11) is -2.04. The zero-order valence-corrected chi connectivity index (χ0v) is 14.2. The zero-order chi connectivity index (χ0) is 16.4. The van der Waals surface area contributed by atoms with Crippen molar-refractivity contribution in [2.24, 2.45) is 0 Å². The average molecular weight is 340 g/mol. The van der Waals surface area contributed by atoms with Crippen LogP contribution in [0, 0.1) is 0 Å². The van der Waals surface area contributed by atoms with Crippen LogP contribution in [0.2, 0.25) is 0 Å². The van der Waals surface area contributed by atoms with Gasteiger partial charge < -0.3 is 9.84 Å². The molecular formula is C16H24N2O4S. The summed E-state index contributed by atoms with van der Waals surface area (Å²) in [5, 5.41) is 9.66. The molecular weight excluding hydrogens is 316 g/mol. The van der Waals surface area contributed by atoms with Gasteiger partial charge in [0.2, 0.25) is 10.0 Å². The molecule has 0 saturated carbocycles. The summed E-state index contributed by atoms with van der Waals surface area (Å²) in [4.78, 5) is 2.52. The van der Waals surface area contributed by atoms with Crippen LogP contribution in [-0.2, 0) is 10.0 Å². The standard InChI is InChI=1S/C16H24N2O4S/c1-22-15-4-2-3-5-16(15)23(20,21)18-10-6-13(7-11-18)17-9-8-14(19)12-17/h2-5,13-14,19H,6-12H2,1H3/t14-/m1/s1. The van der Waals surface area contributed by atoms with Crippen LogP contribution in [-0.4, -0.2) is 68.2 Å². The fraction of sp³-hybridized carbons (Fsp3) is 0.625. The summed E-state index contributed by atoms with van der Waals surface area (Å²) in [5.41, 5.74) is 0. The summed E-state index contributed by atoms with van der Waals surface area (Å²) in [6.07, 6.45) is 2.20. The van der Waals surface area contributed by atoms with Gasteiger partial charge in [0.15, 0.2) is 0 Å². The van der Waals surface area contributed by atoms with Crippen molar-refractivity contribution in [3.63, 3.8) is 0 Å². The number of rotatable bonds is 4. The number of para-hydroxylation sites is 1. The first kappa shape index (κ1) is 16.7. The van der Waals surface area contributed by atoms with Gasteiger partial charge in [0.1, 0.15) is 10.6 Å². The van der Waals surface area contributed by atoms with Gasteiger partial charge in [0.05, 0.1) is 13.2 Å². The lowest BCUT2D eigenvalue weighted by molar-refractivity contribution is 0.132. The maximum atomic E-state index is 12.8. The van der Waals surface area contributed by atoms with Gasteiger partial charge in [-0.2, -0.15) is 4.31 Å². The van der Waals surface area contributed by atoms with Crippen molar-refractivity contribution in [3.8, 4) is 5.75 Å². The molecule has 2 aliphatic heterocycles. The number of aliphatic hydroxyl groups is 1. The number of nitrogens with zero attached hydrogens (tertiary/aromatic N) is 2. The van der Waals surface area contributed by atoms with Gasteiger partial charge in [0, 0.05) is 32.2 Å². The molecule has 0 amide bonds. The summed E-state index contributed by atoms with van der Waals surface area (Å²) in [5.74, 6) is 0.386. The summed E-state index contributed by atoms with van der Waals surface area (Å²) in [6, 6.07) is 7.12. The highest BCUT2D eigenvalue weighted by molar-refractivity contribution is 7.89. The van der Waals surface area contributed by atoms with Gasteiger partial charge in [-0.05, 0) is 31.4 Å². The van der Waals surface area contributed by atoms with E-state index in [9.17, 15) is 13.5 Å². The minimum atomic E-state index is -3.52. The molecule has 1 atom stereocenters. The minimum Gasteiger partial charge on any atom is -0.495 e. The maximum absolute atomic E-state index is 12.8. The number of piperidine rings is 1. The van der Waals surface area contributed by atoms with Crippen LogP contribution in [0.15, 0.2) is 29.2 Å². The molecule has 2 fully saturated rings. The van der Waals surface area contributed by atoms with E-state index in [4.69, 9.17) is 4.74 Å². The molecule has 3 rings (SSSR count). The number of aliphatic hydroxyl groups excluding tert-OH is 1. The third-order valence-corrected chi connectivity index (χ3v) is 6.76. The molecule has 23 heavy (non-hydrogen) atoms. The molecule has 0 spiro atoms. The molecule has 0 unspecified atom stereocenters. The van der Waals surface area contributed by atoms with E-state index in [1.54, 1.807) is 28.6 Å². The number of β-amino-alcohol motifs (C(OH)–C–C–N with tert-alkyl or cyclic N) is 1. The third kappa shape index (κ3) is 3.38. The molecule has 1 aromatic rings. The highest BCUT2D eigenvalue weighted by Gasteiger charge is 2.34. The Kier molecular flexibility index (Phi) is 4.91. The second kappa shape index (κ2) is 6.76. The van der Waals surface area contributed by atoms with Crippen LogP contribution < -0.4 is 4.74 Å². The van der Waals surface area contributed by atoms with Crippen LogP contribution in [0.3, 0.4) is 0 Å². The number of hydrogen-bond acceptors (Lipinski definition) is 5. The van der Waals surface area contributed by atoms with Crippen molar-refractivity contribution < 1.29 is 18.3 Å². The van der Waals surface area contributed by atoms with Crippen LogP contribution in [0.4, 0.5) is 0 Å². The summed E-state index contributed by atoms with van der Waals surface area (Å²) < 4.78 is 32.4. The smallest absolute Gasteiger partial charge is 0.246 e. The Balaban J connectivity index is 1.69. The number of likely N-dealkylation sites (tertiary alicyclic amines) is 1. The Bertz CT molecular complexity index is 641. The summed E-state index contributed by atoms with van der Waals surface area (Å²) in [6.45, 7) is 2.64. The second-order valence-electron chi connectivity index (χ2n) is 6.22. The van der Waals surface area contributed by atoms with E-state index in [0.717, 1.165) is 25.8 Å². The van der Waals surface area contributed by atoms with Crippen LogP contribution in [0.1, 0.15) is 19.3 Å². The quantitative estimate of drug-likeness (QED) is 0.882. The van der Waals surface area contributed by atoms with E-state index in [1.807, 2.05) is 0 Å². The van der Waals surface area contributed by atoms with Gasteiger partial charge in [-0.25, -0.2) is 8.42 Å². The number of sulfonamides is 1. The molecule has 2 saturated heterocycles. The largest absolute Gasteiger partial charge is 0.495 e. The highest BCUT2D eigenvalue weighted by atomic mass is 32.2.